The zero-order chi connectivity index (χ0) is 11.9. The van der Waals surface area contributed by atoms with Gasteiger partial charge < -0.3 is 20.3 Å². The summed E-state index contributed by atoms with van der Waals surface area (Å²) in [5.74, 6) is 0.888. The molecule has 0 unspecified atom stereocenters. The van der Waals surface area contributed by atoms with Gasteiger partial charge in [-0.2, -0.15) is 0 Å². The lowest BCUT2D eigenvalue weighted by Crippen LogP contribution is -2.55. The first-order chi connectivity index (χ1) is 7.64. The number of hydrogen-bond acceptors (Lipinski definition) is 4. The fourth-order valence-electron chi connectivity index (χ4n) is 1.45. The van der Waals surface area contributed by atoms with Gasteiger partial charge in [0, 0.05) is 0 Å². The number of nitrogens with two attached hydrogens (primary N) is 2. The zero-order valence-electron chi connectivity index (χ0n) is 9.69. The maximum absolute atomic E-state index is 5.89. The van der Waals surface area contributed by atoms with E-state index in [0.717, 1.165) is 29.1 Å². The Morgan fingerprint density at radius 1 is 1.25 bits per heavy atom. The topological polar surface area (TPSA) is 70.5 Å². The normalized spacial score (nSPS) is 12.4. The van der Waals surface area contributed by atoms with Crippen LogP contribution >= 0.6 is 0 Å². The molecule has 0 aliphatic heterocycles. The predicted molar refractivity (Wildman–Crippen MR) is 71.8 cm³/mol. The highest BCUT2D eigenvalue weighted by molar-refractivity contribution is 6.38. The highest BCUT2D eigenvalue weighted by Gasteiger charge is 2.18. The molecule has 0 atom stereocenters. The number of rotatable bonds is 7. The number of ether oxygens (including phenoxy) is 1. The second kappa shape index (κ2) is 6.82. The maximum atomic E-state index is 5.89. The van der Waals surface area contributed by atoms with Gasteiger partial charge in [-0.05, 0) is 25.0 Å². The van der Waals surface area contributed by atoms with Crippen LogP contribution in [0.15, 0.2) is 30.3 Å². The van der Waals surface area contributed by atoms with Crippen molar-refractivity contribution in [1.29, 1.82) is 0 Å². The highest BCUT2D eigenvalue weighted by atomic mass is 28.3. The molecule has 0 heterocycles. The molecule has 1 rings (SSSR count). The van der Waals surface area contributed by atoms with Crippen LogP contribution < -0.4 is 16.2 Å². The van der Waals surface area contributed by atoms with Gasteiger partial charge in [-0.25, -0.2) is 0 Å². The largest absolute Gasteiger partial charge is 0.494 e. The van der Waals surface area contributed by atoms with Crippen molar-refractivity contribution in [1.82, 2.24) is 0 Å². The van der Waals surface area contributed by atoms with Gasteiger partial charge in [-0.15, -0.1) is 0 Å². The van der Waals surface area contributed by atoms with Gasteiger partial charge in [-0.1, -0.05) is 18.2 Å². The summed E-state index contributed by atoms with van der Waals surface area (Å²) < 4.78 is 10.8. The first-order valence-corrected chi connectivity index (χ1v) is 7.49. The number of hydrogen-bond donors (Lipinski definition) is 2. The summed E-state index contributed by atoms with van der Waals surface area (Å²) in [4.78, 5) is 0. The summed E-state index contributed by atoms with van der Waals surface area (Å²) in [5, 5.41) is -0.582. The van der Waals surface area contributed by atoms with Crippen LogP contribution in [0.1, 0.15) is 12.8 Å². The zero-order valence-corrected chi connectivity index (χ0v) is 13.1. The molecular formula is C10H20N2O2Si2. The predicted octanol–water partition coefficient (Wildman–Crippen LogP) is -1.20. The van der Waals surface area contributed by atoms with E-state index >= 15 is 0 Å². The Hall–Kier alpha value is -0.666. The lowest BCUT2D eigenvalue weighted by atomic mass is 10.2. The minimum atomic E-state index is -0.779. The third-order valence-corrected chi connectivity index (χ3v) is 4.26. The third kappa shape index (κ3) is 5.43. The van der Waals surface area contributed by atoms with Crippen molar-refractivity contribution >= 4 is 20.2 Å². The van der Waals surface area contributed by atoms with Gasteiger partial charge in [0.05, 0.1) is 11.9 Å². The van der Waals surface area contributed by atoms with Gasteiger partial charge in [0.25, 0.3) is 0 Å². The second-order valence-electron chi connectivity index (χ2n) is 3.93. The molecule has 0 fully saturated rings. The van der Waals surface area contributed by atoms with Crippen LogP contribution in [0.2, 0.25) is 0 Å². The lowest BCUT2D eigenvalue weighted by Gasteiger charge is -2.22. The molecular weight excluding hydrogens is 236 g/mol. The van der Waals surface area contributed by atoms with Crippen molar-refractivity contribution in [2.24, 2.45) is 11.5 Å². The quantitative estimate of drug-likeness (QED) is 0.365. The van der Waals surface area contributed by atoms with Gasteiger partial charge in [-0.3, -0.25) is 0 Å². The minimum absolute atomic E-state index is 0.582. The number of benzene rings is 1. The molecule has 0 aliphatic carbocycles. The SMILES string of the molecule is NC(N)(CCCOc1ccccc1)[SiH2]O[SiH3]. The lowest BCUT2D eigenvalue weighted by molar-refractivity contribution is 0.295. The van der Waals surface area contributed by atoms with Crippen molar-refractivity contribution in [2.75, 3.05) is 6.61 Å². The molecule has 0 saturated heterocycles. The average molecular weight is 256 g/mol. The van der Waals surface area contributed by atoms with Crippen molar-refractivity contribution < 1.29 is 8.85 Å². The smallest absolute Gasteiger partial charge is 0.182 e. The van der Waals surface area contributed by atoms with Crippen molar-refractivity contribution in [3.8, 4) is 5.75 Å². The molecule has 90 valence electrons. The Morgan fingerprint density at radius 3 is 2.56 bits per heavy atom. The highest BCUT2D eigenvalue weighted by Crippen LogP contribution is 2.09. The van der Waals surface area contributed by atoms with Gasteiger partial charge in [0.2, 0.25) is 0 Å². The van der Waals surface area contributed by atoms with Crippen molar-refractivity contribution in [3.63, 3.8) is 0 Å². The Kier molecular flexibility index (Phi) is 5.71. The monoisotopic (exact) mass is 256 g/mol. The third-order valence-electron chi connectivity index (χ3n) is 2.21. The molecule has 4 N–H and O–H groups in total. The molecule has 0 radical (unpaired) electrons. The van der Waals surface area contributed by atoms with Crippen LogP contribution in [0.5, 0.6) is 5.75 Å². The molecule has 0 bridgehead atoms. The van der Waals surface area contributed by atoms with E-state index in [9.17, 15) is 0 Å². The van der Waals surface area contributed by atoms with Gasteiger partial charge >= 0.3 is 0 Å². The van der Waals surface area contributed by atoms with Crippen LogP contribution in [0, 0.1) is 0 Å². The van der Waals surface area contributed by atoms with Crippen molar-refractivity contribution in [3.05, 3.63) is 30.3 Å². The Balaban J connectivity index is 2.17. The van der Waals surface area contributed by atoms with E-state index in [0.29, 0.717) is 6.61 Å². The molecule has 0 saturated carbocycles. The fourth-order valence-corrected chi connectivity index (χ4v) is 3.99. The standard InChI is InChI=1S/C10H20N2O2Si2/c11-10(12,16-14-15)7-4-8-13-9-5-2-1-3-6-9/h1-3,5-6H,4,7-8,11-12,16H2,15H3. The first kappa shape index (κ1) is 13.4. The summed E-state index contributed by atoms with van der Waals surface area (Å²) in [6.07, 6.45) is 1.62. The Bertz CT molecular complexity index is 296. The second-order valence-corrected chi connectivity index (χ2v) is 7.85. The fraction of sp³-hybridized carbons (Fsp3) is 0.400. The summed E-state index contributed by atoms with van der Waals surface area (Å²) in [7, 11) is -0.0495. The first-order valence-electron chi connectivity index (χ1n) is 5.38. The summed E-state index contributed by atoms with van der Waals surface area (Å²) >= 11 is 0. The van der Waals surface area contributed by atoms with Crippen LogP contribution in [-0.2, 0) is 4.12 Å². The number of para-hydroxylation sites is 1. The van der Waals surface area contributed by atoms with Crippen molar-refractivity contribution in [2.45, 2.75) is 18.1 Å². The van der Waals surface area contributed by atoms with Crippen LogP contribution in [0.25, 0.3) is 0 Å². The molecule has 0 amide bonds. The summed E-state index contributed by atoms with van der Waals surface area (Å²) in [5.41, 5.74) is 11.8. The van der Waals surface area contributed by atoms with Crippen LogP contribution in [0.4, 0.5) is 0 Å². The summed E-state index contributed by atoms with van der Waals surface area (Å²) in [6.45, 7) is 0.649. The molecule has 0 spiro atoms. The Labute approximate surface area is 102 Å². The van der Waals surface area contributed by atoms with E-state index in [2.05, 4.69) is 0 Å². The molecule has 0 aromatic heterocycles. The van der Waals surface area contributed by atoms with E-state index in [-0.39, 0.29) is 0 Å². The molecule has 0 aliphatic rings. The van der Waals surface area contributed by atoms with Gasteiger partial charge in [0.15, 0.2) is 9.76 Å². The molecule has 1 aromatic rings. The Morgan fingerprint density at radius 2 is 1.94 bits per heavy atom. The average Bonchev–Trinajstić information content (AvgIpc) is 2.26. The van der Waals surface area contributed by atoms with Crippen LogP contribution in [-0.4, -0.2) is 32.1 Å². The van der Waals surface area contributed by atoms with E-state index in [1.807, 2.05) is 30.3 Å². The van der Waals surface area contributed by atoms with Crippen LogP contribution in [0.3, 0.4) is 0 Å². The summed E-state index contributed by atoms with van der Waals surface area (Å²) in [6, 6.07) is 9.74. The van der Waals surface area contributed by atoms with E-state index in [1.165, 1.54) is 0 Å². The van der Waals surface area contributed by atoms with Gasteiger partial charge in [0.1, 0.15) is 16.2 Å². The molecule has 16 heavy (non-hydrogen) atoms. The molecule has 6 heteroatoms. The molecule has 1 aromatic carbocycles. The van der Waals surface area contributed by atoms with E-state index in [1.54, 1.807) is 0 Å². The van der Waals surface area contributed by atoms with E-state index in [4.69, 9.17) is 20.3 Å². The minimum Gasteiger partial charge on any atom is -0.494 e. The molecule has 4 nitrogen and oxygen atoms in total. The maximum Gasteiger partial charge on any atom is 0.182 e. The van der Waals surface area contributed by atoms with E-state index < -0.39 is 15.0 Å².